The summed E-state index contributed by atoms with van der Waals surface area (Å²) < 4.78 is 5.67. The number of carbonyl (C=O) groups is 1. The van der Waals surface area contributed by atoms with E-state index in [0.29, 0.717) is 18.0 Å². The van der Waals surface area contributed by atoms with Gasteiger partial charge in [-0.05, 0) is 41.8 Å². The van der Waals surface area contributed by atoms with E-state index in [9.17, 15) is 4.79 Å². The monoisotopic (exact) mass is 301 g/mol. The molecule has 3 rings (SSSR count). The predicted octanol–water partition coefficient (Wildman–Crippen LogP) is 3.27. The zero-order valence-corrected chi connectivity index (χ0v) is 12.5. The van der Waals surface area contributed by atoms with E-state index >= 15 is 0 Å². The minimum Gasteiger partial charge on any atom is -0.480 e. The molecule has 0 aromatic heterocycles. The molecule has 2 aromatic rings. The van der Waals surface area contributed by atoms with Crippen molar-refractivity contribution in [3.8, 4) is 5.75 Å². The van der Waals surface area contributed by atoms with Crippen LogP contribution in [0.3, 0.4) is 0 Å². The van der Waals surface area contributed by atoms with Gasteiger partial charge in [0.15, 0.2) is 6.10 Å². The van der Waals surface area contributed by atoms with Crippen LogP contribution in [-0.2, 0) is 17.8 Å². The van der Waals surface area contributed by atoms with Gasteiger partial charge in [0, 0.05) is 18.0 Å². The van der Waals surface area contributed by atoms with Crippen molar-refractivity contribution in [2.75, 3.05) is 0 Å². The van der Waals surface area contributed by atoms with E-state index < -0.39 is 6.10 Å². The Hall–Kier alpha value is -2.00. The molecule has 1 atom stereocenters. The molecular formula is C17H16ClNO2. The van der Waals surface area contributed by atoms with Crippen molar-refractivity contribution in [3.63, 3.8) is 0 Å². The first kappa shape index (κ1) is 14.0. The summed E-state index contributed by atoms with van der Waals surface area (Å²) in [6.07, 6.45) is 0.0951. The van der Waals surface area contributed by atoms with Crippen molar-refractivity contribution in [3.05, 3.63) is 64.2 Å². The fourth-order valence-electron chi connectivity index (χ4n) is 2.47. The lowest BCUT2D eigenvalue weighted by Gasteiger charge is -2.12. The minimum absolute atomic E-state index is 0.0921. The van der Waals surface area contributed by atoms with E-state index in [4.69, 9.17) is 16.3 Å². The highest BCUT2D eigenvalue weighted by Gasteiger charge is 2.28. The van der Waals surface area contributed by atoms with Crippen LogP contribution in [0.15, 0.2) is 42.5 Å². The van der Waals surface area contributed by atoms with Crippen LogP contribution in [0, 0.1) is 6.92 Å². The van der Waals surface area contributed by atoms with Crippen LogP contribution >= 0.6 is 11.6 Å². The molecule has 0 radical (unpaired) electrons. The number of hydrogen-bond acceptors (Lipinski definition) is 2. The first-order valence-corrected chi connectivity index (χ1v) is 7.28. The molecule has 2 aromatic carbocycles. The van der Waals surface area contributed by atoms with Gasteiger partial charge >= 0.3 is 0 Å². The van der Waals surface area contributed by atoms with Gasteiger partial charge in [-0.2, -0.15) is 0 Å². The molecule has 1 heterocycles. The minimum atomic E-state index is -0.470. The Morgan fingerprint density at radius 1 is 1.33 bits per heavy atom. The van der Waals surface area contributed by atoms with E-state index in [1.165, 1.54) is 5.56 Å². The van der Waals surface area contributed by atoms with Crippen LogP contribution in [0.4, 0.5) is 0 Å². The zero-order chi connectivity index (χ0) is 14.8. The number of nitrogens with one attached hydrogen (secondary N) is 1. The van der Waals surface area contributed by atoms with Crippen molar-refractivity contribution in [1.29, 1.82) is 0 Å². The molecule has 0 saturated carbocycles. The Bertz CT molecular complexity index is 684. The van der Waals surface area contributed by atoms with Crippen LogP contribution in [-0.4, -0.2) is 12.0 Å². The maximum atomic E-state index is 12.2. The summed E-state index contributed by atoms with van der Waals surface area (Å²) in [5.74, 6) is 0.654. The zero-order valence-electron chi connectivity index (χ0n) is 11.7. The topological polar surface area (TPSA) is 38.3 Å². The first-order chi connectivity index (χ1) is 10.1. The molecule has 1 aliphatic heterocycles. The Morgan fingerprint density at radius 2 is 2.14 bits per heavy atom. The van der Waals surface area contributed by atoms with Crippen LogP contribution in [0.25, 0.3) is 0 Å². The van der Waals surface area contributed by atoms with E-state index in [0.717, 1.165) is 16.9 Å². The quantitative estimate of drug-likeness (QED) is 0.945. The van der Waals surface area contributed by atoms with Crippen molar-refractivity contribution in [2.24, 2.45) is 0 Å². The van der Waals surface area contributed by atoms with Crippen molar-refractivity contribution in [1.82, 2.24) is 5.32 Å². The van der Waals surface area contributed by atoms with Gasteiger partial charge < -0.3 is 10.1 Å². The predicted molar refractivity (Wildman–Crippen MR) is 82.6 cm³/mol. The third-order valence-electron chi connectivity index (χ3n) is 3.70. The summed E-state index contributed by atoms with van der Waals surface area (Å²) in [5.41, 5.74) is 3.27. The molecule has 21 heavy (non-hydrogen) atoms. The fraction of sp³-hybridized carbons (Fsp3) is 0.235. The number of benzene rings is 2. The maximum absolute atomic E-state index is 12.2. The molecule has 108 valence electrons. The third-order valence-corrected chi connectivity index (χ3v) is 3.94. The van der Waals surface area contributed by atoms with Crippen LogP contribution in [0.2, 0.25) is 5.02 Å². The molecule has 0 saturated heterocycles. The molecule has 1 amide bonds. The molecule has 4 heteroatoms. The second-order valence-electron chi connectivity index (χ2n) is 5.21. The Balaban J connectivity index is 1.62. The van der Waals surface area contributed by atoms with Crippen molar-refractivity contribution in [2.45, 2.75) is 26.0 Å². The van der Waals surface area contributed by atoms with Gasteiger partial charge in [0.05, 0.1) is 0 Å². The molecule has 1 N–H and O–H groups in total. The summed E-state index contributed by atoms with van der Waals surface area (Å²) in [4.78, 5) is 12.2. The fourth-order valence-corrected chi connectivity index (χ4v) is 2.66. The molecule has 0 spiro atoms. The van der Waals surface area contributed by atoms with E-state index in [1.54, 1.807) is 6.07 Å². The number of carbonyl (C=O) groups excluding carboxylic acids is 1. The molecule has 0 aliphatic carbocycles. The number of aryl methyl sites for hydroxylation is 1. The van der Waals surface area contributed by atoms with E-state index in [1.807, 2.05) is 43.3 Å². The molecule has 1 aliphatic rings. The van der Waals surface area contributed by atoms with Gasteiger partial charge in [-0.15, -0.1) is 0 Å². The van der Waals surface area contributed by atoms with Gasteiger partial charge in [-0.3, -0.25) is 4.79 Å². The summed E-state index contributed by atoms with van der Waals surface area (Å²) in [6.45, 7) is 2.55. The van der Waals surface area contributed by atoms with Crippen LogP contribution in [0.5, 0.6) is 5.75 Å². The Kier molecular flexibility index (Phi) is 3.84. The van der Waals surface area contributed by atoms with Gasteiger partial charge in [0.1, 0.15) is 5.75 Å². The number of amides is 1. The highest BCUT2D eigenvalue weighted by molar-refractivity contribution is 6.30. The summed E-state index contributed by atoms with van der Waals surface area (Å²) in [7, 11) is 0. The maximum Gasteiger partial charge on any atom is 0.261 e. The average molecular weight is 302 g/mol. The molecule has 3 nitrogen and oxygen atoms in total. The van der Waals surface area contributed by atoms with Gasteiger partial charge in [-0.25, -0.2) is 0 Å². The second-order valence-corrected chi connectivity index (χ2v) is 5.64. The Morgan fingerprint density at radius 3 is 2.95 bits per heavy atom. The average Bonchev–Trinajstić information content (AvgIpc) is 2.89. The number of hydrogen-bond donors (Lipinski definition) is 1. The molecule has 0 fully saturated rings. The SMILES string of the molecule is Cc1ccccc1CNC(=O)[C@@H]1Cc2cc(Cl)ccc2O1. The number of rotatable bonds is 3. The smallest absolute Gasteiger partial charge is 0.261 e. The number of fused-ring (bicyclic) bond motifs is 1. The lowest BCUT2D eigenvalue weighted by atomic mass is 10.1. The normalized spacial score (nSPS) is 16.2. The summed E-state index contributed by atoms with van der Waals surface area (Å²) in [6, 6.07) is 13.4. The molecule has 0 unspecified atom stereocenters. The number of ether oxygens (including phenoxy) is 1. The third kappa shape index (κ3) is 3.03. The van der Waals surface area contributed by atoms with Crippen molar-refractivity contribution >= 4 is 17.5 Å². The van der Waals surface area contributed by atoms with Gasteiger partial charge in [0.25, 0.3) is 5.91 Å². The summed E-state index contributed by atoms with van der Waals surface area (Å²) >= 11 is 5.95. The standard InChI is InChI=1S/C17H16ClNO2/c1-11-4-2-3-5-12(11)10-19-17(20)16-9-13-8-14(18)6-7-15(13)21-16/h2-8,16H,9-10H2,1H3,(H,19,20)/t16-/m0/s1. The first-order valence-electron chi connectivity index (χ1n) is 6.91. The van der Waals surface area contributed by atoms with E-state index in [2.05, 4.69) is 5.32 Å². The summed E-state index contributed by atoms with van der Waals surface area (Å²) in [5, 5.41) is 3.60. The van der Waals surface area contributed by atoms with E-state index in [-0.39, 0.29) is 5.91 Å². The highest BCUT2D eigenvalue weighted by Crippen LogP contribution is 2.31. The van der Waals surface area contributed by atoms with Gasteiger partial charge in [-0.1, -0.05) is 35.9 Å². The largest absolute Gasteiger partial charge is 0.480 e. The molecule has 0 bridgehead atoms. The molecular weight excluding hydrogens is 286 g/mol. The van der Waals surface area contributed by atoms with Gasteiger partial charge in [0.2, 0.25) is 0 Å². The lowest BCUT2D eigenvalue weighted by Crippen LogP contribution is -2.37. The number of halogens is 1. The second kappa shape index (κ2) is 5.78. The highest BCUT2D eigenvalue weighted by atomic mass is 35.5. The van der Waals surface area contributed by atoms with Crippen molar-refractivity contribution < 1.29 is 9.53 Å². The van der Waals surface area contributed by atoms with Crippen LogP contribution < -0.4 is 10.1 Å². The van der Waals surface area contributed by atoms with Crippen LogP contribution in [0.1, 0.15) is 16.7 Å². The Labute approximate surface area is 128 Å². The lowest BCUT2D eigenvalue weighted by molar-refractivity contribution is -0.127.